The Morgan fingerprint density at radius 1 is 0.553 bits per heavy atom. The van der Waals surface area contributed by atoms with Crippen LogP contribution in [0.15, 0.2) is 0 Å². The van der Waals surface area contributed by atoms with Crippen molar-refractivity contribution in [2.24, 2.45) is 0 Å². The molecular formula is C26H45NO20. The third-order valence-electron chi connectivity index (χ3n) is 8.57. The maximum atomic E-state index is 12.3. The molecule has 0 saturated carbocycles. The second-order valence-electron chi connectivity index (χ2n) is 11.9. The van der Waals surface area contributed by atoms with E-state index in [4.69, 9.17) is 33.2 Å². The van der Waals surface area contributed by atoms with Crippen LogP contribution in [0.3, 0.4) is 0 Å². The van der Waals surface area contributed by atoms with Gasteiger partial charge in [0.2, 0.25) is 5.91 Å². The molecule has 21 nitrogen and oxygen atoms in total. The highest BCUT2D eigenvalue weighted by molar-refractivity contribution is 5.73. The third kappa shape index (κ3) is 8.04. The van der Waals surface area contributed by atoms with Crippen molar-refractivity contribution in [2.45, 2.75) is 137 Å². The number of nitrogens with one attached hydrogen (secondary N) is 1. The lowest BCUT2D eigenvalue weighted by Crippen LogP contribution is -2.70. The molecule has 4 saturated heterocycles. The van der Waals surface area contributed by atoms with Crippen molar-refractivity contribution in [1.82, 2.24) is 5.32 Å². The first kappa shape index (κ1) is 38.5. The van der Waals surface area contributed by atoms with Gasteiger partial charge in [-0.05, 0) is 6.92 Å². The number of amides is 1. The molecule has 274 valence electrons. The molecule has 1 amide bonds. The Labute approximate surface area is 267 Å². The topological polar surface area (TPSA) is 336 Å². The van der Waals surface area contributed by atoms with E-state index in [0.717, 1.165) is 6.92 Å². The van der Waals surface area contributed by atoms with Gasteiger partial charge in [0.15, 0.2) is 25.2 Å². The Kier molecular flexibility index (Phi) is 13.2. The summed E-state index contributed by atoms with van der Waals surface area (Å²) in [4.78, 5) is 12.3. The Bertz CT molecular complexity index is 1010. The molecular weight excluding hydrogens is 646 g/mol. The van der Waals surface area contributed by atoms with Gasteiger partial charge in [-0.1, -0.05) is 0 Å². The summed E-state index contributed by atoms with van der Waals surface area (Å²) in [5, 5.41) is 127. The maximum Gasteiger partial charge on any atom is 0.217 e. The van der Waals surface area contributed by atoms with Gasteiger partial charge in [0, 0.05) is 6.92 Å². The lowest BCUT2D eigenvalue weighted by Gasteiger charge is -2.50. The van der Waals surface area contributed by atoms with Gasteiger partial charge in [-0.2, -0.15) is 0 Å². The molecule has 0 aliphatic carbocycles. The van der Waals surface area contributed by atoms with Crippen LogP contribution < -0.4 is 5.32 Å². The zero-order valence-electron chi connectivity index (χ0n) is 25.3. The summed E-state index contributed by atoms with van der Waals surface area (Å²) in [6.45, 7) is -0.130. The molecule has 0 radical (unpaired) electrons. The normalized spacial score (nSPS) is 51.0. The highest BCUT2D eigenvalue weighted by Gasteiger charge is 2.55. The summed E-state index contributed by atoms with van der Waals surface area (Å²) in [5.74, 6) is -0.752. The van der Waals surface area contributed by atoms with Crippen molar-refractivity contribution in [3.63, 3.8) is 0 Å². The molecule has 4 aliphatic heterocycles. The fraction of sp³-hybridized carbons (Fsp3) is 0.962. The number of rotatable bonds is 10. The number of hydrogen-bond acceptors (Lipinski definition) is 20. The summed E-state index contributed by atoms with van der Waals surface area (Å²) in [6, 6.07) is -1.59. The lowest BCUT2D eigenvalue weighted by atomic mass is 9.94. The molecule has 0 spiro atoms. The minimum absolute atomic E-state index is 0.752. The number of aliphatic hydroxyl groups is 12. The molecule has 0 aromatic carbocycles. The number of carbonyl (C=O) groups excluding carboxylic acids is 1. The van der Waals surface area contributed by atoms with Gasteiger partial charge in [0.1, 0.15) is 91.5 Å². The van der Waals surface area contributed by atoms with Crippen molar-refractivity contribution in [1.29, 1.82) is 0 Å². The number of hydrogen-bond donors (Lipinski definition) is 13. The predicted octanol–water partition coefficient (Wildman–Crippen LogP) is -8.58. The first-order chi connectivity index (χ1) is 22.1. The van der Waals surface area contributed by atoms with Crippen LogP contribution in [0.25, 0.3) is 0 Å². The zero-order valence-corrected chi connectivity index (χ0v) is 25.3. The minimum Gasteiger partial charge on any atom is -0.394 e. The van der Waals surface area contributed by atoms with Crippen LogP contribution in [-0.4, -0.2) is 210 Å². The average molecular weight is 692 g/mol. The lowest BCUT2D eigenvalue weighted by molar-refractivity contribution is -0.385. The predicted molar refractivity (Wildman–Crippen MR) is 144 cm³/mol. The zero-order chi connectivity index (χ0) is 34.9. The Balaban J connectivity index is 1.66. The van der Waals surface area contributed by atoms with Crippen LogP contribution in [0.4, 0.5) is 0 Å². The summed E-state index contributed by atoms with van der Waals surface area (Å²) < 4.78 is 39.1. The molecule has 4 rings (SSSR count). The van der Waals surface area contributed by atoms with Crippen LogP contribution in [0.1, 0.15) is 13.8 Å². The van der Waals surface area contributed by atoms with Crippen LogP contribution in [0.5, 0.6) is 0 Å². The van der Waals surface area contributed by atoms with E-state index in [1.54, 1.807) is 0 Å². The van der Waals surface area contributed by atoms with Crippen molar-refractivity contribution < 1.29 is 99.2 Å². The molecule has 4 aliphatic rings. The molecule has 0 aromatic rings. The Morgan fingerprint density at radius 2 is 1.06 bits per heavy atom. The summed E-state index contributed by atoms with van der Waals surface area (Å²) in [5.41, 5.74) is 0. The molecule has 0 bridgehead atoms. The summed E-state index contributed by atoms with van der Waals surface area (Å²) in [6.07, 6.45) is -32.6. The van der Waals surface area contributed by atoms with E-state index in [-0.39, 0.29) is 0 Å². The van der Waals surface area contributed by atoms with E-state index in [1.165, 1.54) is 6.92 Å². The van der Waals surface area contributed by atoms with Gasteiger partial charge >= 0.3 is 0 Å². The standard InChI is InChI=1S/C26H45NO20/c1-6-12(32)16(36)18(38)25(41-6)47-22-17(37)13(33)8(3-28)44-26(22)45-20-11(27-7(2)31)24(43-10(5-30)14(20)34)46-21-15(35)9(4-29)42-23(40)19(21)39/h6,8-26,28-30,32-40H,3-5H2,1-2H3,(H,27,31)/t6-,8+,9+,10+,11+,12+,13-,14-,15-,16+,17-,18-,19+,20+,21-,22+,23-,24-,25-,26-/m0/s1. The number of carbonyl (C=O) groups is 1. The van der Waals surface area contributed by atoms with Crippen molar-refractivity contribution in [3.05, 3.63) is 0 Å². The second kappa shape index (κ2) is 16.2. The molecule has 20 atom stereocenters. The molecule has 4 heterocycles. The van der Waals surface area contributed by atoms with E-state index < -0.39 is 148 Å². The smallest absolute Gasteiger partial charge is 0.217 e. The summed E-state index contributed by atoms with van der Waals surface area (Å²) in [7, 11) is 0. The molecule has 0 aromatic heterocycles. The first-order valence-electron chi connectivity index (χ1n) is 15.0. The van der Waals surface area contributed by atoms with Gasteiger partial charge in [-0.15, -0.1) is 0 Å². The second-order valence-corrected chi connectivity index (χ2v) is 11.9. The monoisotopic (exact) mass is 691 g/mol. The molecule has 13 N–H and O–H groups in total. The largest absolute Gasteiger partial charge is 0.394 e. The van der Waals surface area contributed by atoms with Crippen molar-refractivity contribution in [3.8, 4) is 0 Å². The highest BCUT2D eigenvalue weighted by atomic mass is 16.8. The van der Waals surface area contributed by atoms with E-state index in [0.29, 0.717) is 0 Å². The Hall–Kier alpha value is -1.29. The molecule has 4 fully saturated rings. The fourth-order valence-electron chi connectivity index (χ4n) is 5.86. The van der Waals surface area contributed by atoms with E-state index in [1.807, 2.05) is 0 Å². The van der Waals surface area contributed by atoms with Crippen LogP contribution in [0, 0.1) is 0 Å². The van der Waals surface area contributed by atoms with Gasteiger partial charge < -0.3 is 99.8 Å². The van der Waals surface area contributed by atoms with Crippen molar-refractivity contribution in [2.75, 3.05) is 19.8 Å². The first-order valence-corrected chi connectivity index (χ1v) is 15.0. The molecule has 21 heteroatoms. The van der Waals surface area contributed by atoms with Gasteiger partial charge in [-0.3, -0.25) is 4.79 Å². The van der Waals surface area contributed by atoms with E-state index in [9.17, 15) is 66.1 Å². The fourth-order valence-corrected chi connectivity index (χ4v) is 5.86. The van der Waals surface area contributed by atoms with Crippen LogP contribution in [-0.2, 0) is 38.0 Å². The van der Waals surface area contributed by atoms with Gasteiger partial charge in [0.25, 0.3) is 0 Å². The number of ether oxygens (including phenoxy) is 7. The molecule has 0 unspecified atom stereocenters. The quantitative estimate of drug-likeness (QED) is 0.101. The van der Waals surface area contributed by atoms with Gasteiger partial charge in [-0.25, -0.2) is 0 Å². The third-order valence-corrected chi connectivity index (χ3v) is 8.57. The maximum absolute atomic E-state index is 12.3. The summed E-state index contributed by atoms with van der Waals surface area (Å²) >= 11 is 0. The minimum atomic E-state index is -1.94. The SMILES string of the molecule is CC(=O)N[C@H]1[C@H](O[C@@H]2[C@@H](O)[C@@H](O)O[C@H](CO)[C@@H]2O)O[C@H](CO)[C@H](O)[C@@H]1O[C@@H]1O[C@H](CO)[C@H](O)[C@H](O)[C@H]1O[C@@H]1O[C@@H](C)[C@@H](O)[C@@H](O)[C@@H]1O. The van der Waals surface area contributed by atoms with Gasteiger partial charge in [0.05, 0.1) is 25.9 Å². The van der Waals surface area contributed by atoms with Crippen molar-refractivity contribution >= 4 is 5.91 Å². The van der Waals surface area contributed by atoms with Crippen LogP contribution >= 0.6 is 0 Å². The van der Waals surface area contributed by atoms with E-state index in [2.05, 4.69) is 5.32 Å². The van der Waals surface area contributed by atoms with Crippen LogP contribution in [0.2, 0.25) is 0 Å². The number of aliphatic hydroxyl groups excluding tert-OH is 12. The highest BCUT2D eigenvalue weighted by Crippen LogP contribution is 2.34. The molecule has 47 heavy (non-hydrogen) atoms. The van der Waals surface area contributed by atoms with E-state index >= 15 is 0 Å². The average Bonchev–Trinajstić information content (AvgIpc) is 3.03. The Morgan fingerprint density at radius 3 is 1.66 bits per heavy atom.